The molecule has 6 heteroatoms. The first-order valence-corrected chi connectivity index (χ1v) is 8.52. The van der Waals surface area contributed by atoms with Gasteiger partial charge >= 0.3 is 0 Å². The maximum absolute atomic E-state index is 12.0. The van der Waals surface area contributed by atoms with E-state index in [1.807, 2.05) is 0 Å². The summed E-state index contributed by atoms with van der Waals surface area (Å²) in [4.78, 5) is 12.0. The highest BCUT2D eigenvalue weighted by Crippen LogP contribution is 2.20. The molecule has 1 heterocycles. The van der Waals surface area contributed by atoms with Gasteiger partial charge in [-0.2, -0.15) is 0 Å². The normalized spacial score (nSPS) is 19.4. The Labute approximate surface area is 116 Å². The number of hydrogen-bond donors (Lipinski definition) is 1. The Morgan fingerprint density at radius 3 is 2.21 bits per heavy atom. The summed E-state index contributed by atoms with van der Waals surface area (Å²) in [6, 6.07) is 0. The SMILES string of the molecule is CCS(=O)(=O)N1CCC(C(=O)NCC(C)(C)C)CC1. The Morgan fingerprint density at radius 1 is 1.26 bits per heavy atom. The van der Waals surface area contributed by atoms with Crippen molar-refractivity contribution in [2.24, 2.45) is 11.3 Å². The van der Waals surface area contributed by atoms with Gasteiger partial charge in [0, 0.05) is 25.6 Å². The fourth-order valence-electron chi connectivity index (χ4n) is 2.08. The van der Waals surface area contributed by atoms with Crippen LogP contribution >= 0.6 is 0 Å². The second-order valence-electron chi connectivity index (χ2n) is 6.35. The maximum Gasteiger partial charge on any atom is 0.223 e. The van der Waals surface area contributed by atoms with Gasteiger partial charge in [0.1, 0.15) is 0 Å². The first-order chi connectivity index (χ1) is 8.65. The minimum absolute atomic E-state index is 0.0503. The average molecular weight is 290 g/mol. The summed E-state index contributed by atoms with van der Waals surface area (Å²) >= 11 is 0. The number of carbonyl (C=O) groups is 1. The summed E-state index contributed by atoms with van der Waals surface area (Å²) in [6.45, 7) is 9.45. The van der Waals surface area contributed by atoms with Crippen LogP contribution in [0.1, 0.15) is 40.5 Å². The van der Waals surface area contributed by atoms with Crippen LogP contribution in [0.5, 0.6) is 0 Å². The smallest absolute Gasteiger partial charge is 0.223 e. The van der Waals surface area contributed by atoms with E-state index in [0.29, 0.717) is 32.5 Å². The highest BCUT2D eigenvalue weighted by Gasteiger charge is 2.30. The monoisotopic (exact) mass is 290 g/mol. The minimum atomic E-state index is -3.10. The van der Waals surface area contributed by atoms with Crippen LogP contribution < -0.4 is 5.32 Å². The van der Waals surface area contributed by atoms with Gasteiger partial charge in [-0.1, -0.05) is 20.8 Å². The molecule has 1 saturated heterocycles. The standard InChI is InChI=1S/C13H26N2O3S/c1-5-19(17,18)15-8-6-11(7-9-15)12(16)14-10-13(2,3)4/h11H,5-10H2,1-4H3,(H,14,16). The number of sulfonamides is 1. The molecule has 1 rings (SSSR count). The third-order valence-electron chi connectivity index (χ3n) is 3.38. The second-order valence-corrected chi connectivity index (χ2v) is 8.61. The highest BCUT2D eigenvalue weighted by atomic mass is 32.2. The molecule has 5 nitrogen and oxygen atoms in total. The molecule has 0 radical (unpaired) electrons. The van der Waals surface area contributed by atoms with Gasteiger partial charge in [-0.3, -0.25) is 4.79 Å². The molecule has 0 unspecified atom stereocenters. The Morgan fingerprint density at radius 2 is 1.79 bits per heavy atom. The predicted molar refractivity (Wildman–Crippen MR) is 76.2 cm³/mol. The van der Waals surface area contributed by atoms with Crippen molar-refractivity contribution >= 4 is 15.9 Å². The molecule has 0 atom stereocenters. The molecule has 0 aliphatic carbocycles. The number of piperidine rings is 1. The zero-order valence-electron chi connectivity index (χ0n) is 12.4. The van der Waals surface area contributed by atoms with Crippen LogP contribution in [0.3, 0.4) is 0 Å². The maximum atomic E-state index is 12.0. The van der Waals surface area contributed by atoms with Crippen LogP contribution in [-0.4, -0.2) is 44.0 Å². The molecule has 1 fully saturated rings. The van der Waals surface area contributed by atoms with Crippen LogP contribution in [-0.2, 0) is 14.8 Å². The summed E-state index contributed by atoms with van der Waals surface area (Å²) in [7, 11) is -3.10. The summed E-state index contributed by atoms with van der Waals surface area (Å²) in [5.41, 5.74) is 0.0713. The van der Waals surface area contributed by atoms with Crippen molar-refractivity contribution in [2.75, 3.05) is 25.4 Å². The number of rotatable bonds is 4. The van der Waals surface area contributed by atoms with Crippen molar-refractivity contribution in [1.82, 2.24) is 9.62 Å². The molecule has 0 bridgehead atoms. The summed E-state index contributed by atoms with van der Waals surface area (Å²) in [5.74, 6) is 0.141. The van der Waals surface area contributed by atoms with E-state index in [0.717, 1.165) is 0 Å². The van der Waals surface area contributed by atoms with E-state index in [4.69, 9.17) is 0 Å². The van der Waals surface area contributed by atoms with Crippen LogP contribution in [0.25, 0.3) is 0 Å². The van der Waals surface area contributed by atoms with Crippen LogP contribution in [0.2, 0.25) is 0 Å². The van der Waals surface area contributed by atoms with Gasteiger partial charge < -0.3 is 5.32 Å². The summed E-state index contributed by atoms with van der Waals surface area (Å²) in [5, 5.41) is 2.95. The van der Waals surface area contributed by atoms with E-state index < -0.39 is 10.0 Å². The van der Waals surface area contributed by atoms with Crippen molar-refractivity contribution in [3.63, 3.8) is 0 Å². The molecule has 0 aromatic heterocycles. The first kappa shape index (κ1) is 16.4. The number of hydrogen-bond acceptors (Lipinski definition) is 3. The van der Waals surface area contributed by atoms with Crippen LogP contribution in [0.15, 0.2) is 0 Å². The van der Waals surface area contributed by atoms with E-state index in [1.54, 1.807) is 6.92 Å². The second kappa shape index (κ2) is 6.22. The van der Waals surface area contributed by atoms with Gasteiger partial charge in [0.05, 0.1) is 5.75 Å². The lowest BCUT2D eigenvalue weighted by atomic mass is 9.94. The molecule has 112 valence electrons. The molecule has 0 aromatic carbocycles. The Balaban J connectivity index is 2.44. The quantitative estimate of drug-likeness (QED) is 0.846. The third kappa shape index (κ3) is 5.10. The fraction of sp³-hybridized carbons (Fsp3) is 0.923. The highest BCUT2D eigenvalue weighted by molar-refractivity contribution is 7.89. The van der Waals surface area contributed by atoms with Crippen molar-refractivity contribution in [3.8, 4) is 0 Å². The molecular weight excluding hydrogens is 264 g/mol. The minimum Gasteiger partial charge on any atom is -0.355 e. The number of amides is 1. The van der Waals surface area contributed by atoms with Gasteiger partial charge in [0.25, 0.3) is 0 Å². The van der Waals surface area contributed by atoms with E-state index in [1.165, 1.54) is 4.31 Å². The number of nitrogens with zero attached hydrogens (tertiary/aromatic N) is 1. The lowest BCUT2D eigenvalue weighted by Crippen LogP contribution is -2.44. The molecule has 19 heavy (non-hydrogen) atoms. The number of nitrogens with one attached hydrogen (secondary N) is 1. The molecule has 1 aliphatic heterocycles. The lowest BCUT2D eigenvalue weighted by molar-refractivity contribution is -0.126. The Hall–Kier alpha value is -0.620. The molecule has 1 amide bonds. The molecular formula is C13H26N2O3S. The Bertz CT molecular complexity index is 404. The summed E-state index contributed by atoms with van der Waals surface area (Å²) < 4.78 is 24.9. The lowest BCUT2D eigenvalue weighted by Gasteiger charge is -2.31. The van der Waals surface area contributed by atoms with Gasteiger partial charge in [-0.15, -0.1) is 0 Å². The van der Waals surface area contributed by atoms with Gasteiger partial charge in [-0.25, -0.2) is 12.7 Å². The molecule has 0 aromatic rings. The van der Waals surface area contributed by atoms with E-state index in [9.17, 15) is 13.2 Å². The van der Waals surface area contributed by atoms with Gasteiger partial charge in [0.15, 0.2) is 0 Å². The fourth-order valence-corrected chi connectivity index (χ4v) is 3.21. The number of carbonyl (C=O) groups excluding carboxylic acids is 1. The molecule has 1 aliphatic rings. The molecule has 1 N–H and O–H groups in total. The first-order valence-electron chi connectivity index (χ1n) is 6.91. The topological polar surface area (TPSA) is 66.5 Å². The largest absolute Gasteiger partial charge is 0.355 e. The van der Waals surface area contributed by atoms with E-state index in [2.05, 4.69) is 26.1 Å². The zero-order chi connectivity index (χ0) is 14.7. The van der Waals surface area contributed by atoms with Crippen molar-refractivity contribution < 1.29 is 13.2 Å². The van der Waals surface area contributed by atoms with Crippen molar-refractivity contribution in [1.29, 1.82) is 0 Å². The van der Waals surface area contributed by atoms with E-state index in [-0.39, 0.29) is 23.0 Å². The van der Waals surface area contributed by atoms with Crippen LogP contribution in [0, 0.1) is 11.3 Å². The predicted octanol–water partition coefficient (Wildman–Crippen LogP) is 1.21. The molecule has 0 saturated carbocycles. The Kier molecular flexibility index (Phi) is 5.38. The van der Waals surface area contributed by atoms with Gasteiger partial charge in [0.2, 0.25) is 15.9 Å². The zero-order valence-corrected chi connectivity index (χ0v) is 13.2. The van der Waals surface area contributed by atoms with Crippen molar-refractivity contribution in [3.05, 3.63) is 0 Å². The third-order valence-corrected chi connectivity index (χ3v) is 5.26. The van der Waals surface area contributed by atoms with Gasteiger partial charge in [-0.05, 0) is 25.2 Å². The average Bonchev–Trinajstić information content (AvgIpc) is 2.35. The van der Waals surface area contributed by atoms with E-state index >= 15 is 0 Å². The summed E-state index contributed by atoms with van der Waals surface area (Å²) in [6.07, 6.45) is 1.24. The molecule has 0 spiro atoms. The van der Waals surface area contributed by atoms with Crippen molar-refractivity contribution in [2.45, 2.75) is 40.5 Å². The van der Waals surface area contributed by atoms with Crippen LogP contribution in [0.4, 0.5) is 0 Å².